The van der Waals surface area contributed by atoms with Gasteiger partial charge in [0.25, 0.3) is 5.91 Å². The molecule has 1 saturated carbocycles. The summed E-state index contributed by atoms with van der Waals surface area (Å²) < 4.78 is 5.97. The summed E-state index contributed by atoms with van der Waals surface area (Å²) in [6, 6.07) is 19.1. The molecule has 1 aliphatic heterocycles. The summed E-state index contributed by atoms with van der Waals surface area (Å²) in [5, 5.41) is 1.68. The zero-order chi connectivity index (χ0) is 24.9. The van der Waals surface area contributed by atoms with Crippen LogP contribution in [0.1, 0.15) is 43.2 Å². The number of hydrogen-bond acceptors (Lipinski definition) is 5. The van der Waals surface area contributed by atoms with Crippen LogP contribution in [0.25, 0.3) is 6.08 Å². The van der Waals surface area contributed by atoms with E-state index in [-0.39, 0.29) is 11.9 Å². The van der Waals surface area contributed by atoms with Gasteiger partial charge in [-0.2, -0.15) is 0 Å². The largest absolute Gasteiger partial charge is 0.489 e. The number of carbonyl (C=O) groups is 1. The Morgan fingerprint density at radius 3 is 2.64 bits per heavy atom. The monoisotopic (exact) mass is 537 g/mol. The second kappa shape index (κ2) is 11.5. The van der Waals surface area contributed by atoms with E-state index in [4.69, 9.17) is 32.9 Å². The quantitative estimate of drug-likeness (QED) is 0.237. The van der Waals surface area contributed by atoms with E-state index in [1.165, 1.54) is 18.2 Å². The number of amidine groups is 1. The van der Waals surface area contributed by atoms with Gasteiger partial charge in [0.2, 0.25) is 0 Å². The first-order valence-corrected chi connectivity index (χ1v) is 13.5. The van der Waals surface area contributed by atoms with Gasteiger partial charge in [0.15, 0.2) is 10.3 Å². The number of carbonyl (C=O) groups excluding carboxylic acids is 1. The molecule has 1 amide bonds. The normalized spacial score (nSPS) is 18.8. The van der Waals surface area contributed by atoms with E-state index < -0.39 is 0 Å². The molecule has 5 nitrogen and oxygen atoms in total. The van der Waals surface area contributed by atoms with E-state index in [1.807, 2.05) is 65.6 Å². The van der Waals surface area contributed by atoms with Crippen molar-refractivity contribution in [1.82, 2.24) is 9.88 Å². The maximum absolute atomic E-state index is 13.6. The van der Waals surface area contributed by atoms with Gasteiger partial charge in [-0.15, -0.1) is 0 Å². The van der Waals surface area contributed by atoms with Crippen molar-refractivity contribution in [2.75, 3.05) is 0 Å². The number of benzene rings is 2. The molecule has 2 aromatic carbocycles. The Morgan fingerprint density at radius 2 is 1.86 bits per heavy atom. The molecule has 5 rings (SSSR count). The highest BCUT2D eigenvalue weighted by Gasteiger charge is 2.38. The lowest BCUT2D eigenvalue weighted by Crippen LogP contribution is -2.40. The molecule has 2 fully saturated rings. The first kappa shape index (κ1) is 24.9. The smallest absolute Gasteiger partial charge is 0.267 e. The first-order chi connectivity index (χ1) is 17.6. The number of rotatable bonds is 6. The standard InChI is InChI=1S/C28H25Cl2N3O2S/c29-21-13-11-19(12-14-21)18-35-23-9-4-6-20(16-23)17-25-27(34)33(22-7-2-1-3-8-22)28(36-25)32-24-10-5-15-31-26(24)30/h4-6,9-17,22H,1-3,7-8,18H2/b25-17-,32-28?. The Bertz CT molecular complexity index is 1300. The Hall–Kier alpha value is -2.80. The second-order valence-corrected chi connectivity index (χ2v) is 10.6. The van der Waals surface area contributed by atoms with Crippen molar-refractivity contribution in [3.8, 4) is 5.75 Å². The summed E-state index contributed by atoms with van der Waals surface area (Å²) in [5.41, 5.74) is 2.49. The van der Waals surface area contributed by atoms with Crippen LogP contribution in [0, 0.1) is 0 Å². The topological polar surface area (TPSA) is 54.8 Å². The Morgan fingerprint density at radius 1 is 1.06 bits per heavy atom. The van der Waals surface area contributed by atoms with Gasteiger partial charge in [-0.05, 0) is 78.2 Å². The Kier molecular flexibility index (Phi) is 7.95. The highest BCUT2D eigenvalue weighted by atomic mass is 35.5. The number of ether oxygens (including phenoxy) is 1. The van der Waals surface area contributed by atoms with Crippen molar-refractivity contribution in [2.24, 2.45) is 4.99 Å². The van der Waals surface area contributed by atoms with Crippen LogP contribution in [0.15, 0.2) is 76.8 Å². The lowest BCUT2D eigenvalue weighted by molar-refractivity contribution is -0.124. The van der Waals surface area contributed by atoms with Crippen LogP contribution in [0.5, 0.6) is 5.75 Å². The highest BCUT2D eigenvalue weighted by molar-refractivity contribution is 8.18. The molecule has 0 radical (unpaired) electrons. The molecular formula is C28H25Cl2N3O2S. The molecular weight excluding hydrogens is 513 g/mol. The number of nitrogens with zero attached hydrogens (tertiary/aromatic N) is 3. The number of aliphatic imine (C=N–C) groups is 1. The molecule has 184 valence electrons. The van der Waals surface area contributed by atoms with Gasteiger partial charge in [0, 0.05) is 17.3 Å². The van der Waals surface area contributed by atoms with Crippen molar-refractivity contribution in [2.45, 2.75) is 44.8 Å². The molecule has 2 aliphatic rings. The molecule has 2 heterocycles. The van der Waals surface area contributed by atoms with Crippen LogP contribution < -0.4 is 4.74 Å². The second-order valence-electron chi connectivity index (χ2n) is 8.77. The molecule has 8 heteroatoms. The number of aromatic nitrogens is 1. The van der Waals surface area contributed by atoms with Crippen LogP contribution in [-0.2, 0) is 11.4 Å². The van der Waals surface area contributed by atoms with Crippen molar-refractivity contribution in [3.63, 3.8) is 0 Å². The lowest BCUT2D eigenvalue weighted by Gasteiger charge is -2.30. The zero-order valence-corrected chi connectivity index (χ0v) is 21.9. The predicted molar refractivity (Wildman–Crippen MR) is 148 cm³/mol. The van der Waals surface area contributed by atoms with Crippen LogP contribution in [-0.4, -0.2) is 27.0 Å². The van der Waals surface area contributed by atoms with E-state index in [9.17, 15) is 4.79 Å². The Labute approximate surface area is 225 Å². The number of thioether (sulfide) groups is 1. The predicted octanol–water partition coefficient (Wildman–Crippen LogP) is 7.90. The summed E-state index contributed by atoms with van der Waals surface area (Å²) in [6.45, 7) is 0.434. The molecule has 1 saturated heterocycles. The first-order valence-electron chi connectivity index (χ1n) is 12.0. The van der Waals surface area contributed by atoms with Crippen molar-refractivity contribution in [3.05, 3.63) is 93.1 Å². The molecule has 0 atom stereocenters. The minimum Gasteiger partial charge on any atom is -0.489 e. The lowest BCUT2D eigenvalue weighted by atomic mass is 9.94. The van der Waals surface area contributed by atoms with Gasteiger partial charge in [0.1, 0.15) is 18.0 Å². The summed E-state index contributed by atoms with van der Waals surface area (Å²) in [4.78, 5) is 25.0. The van der Waals surface area contributed by atoms with Gasteiger partial charge < -0.3 is 4.74 Å². The zero-order valence-electron chi connectivity index (χ0n) is 19.6. The van der Waals surface area contributed by atoms with Crippen LogP contribution in [0.2, 0.25) is 10.2 Å². The van der Waals surface area contributed by atoms with E-state index in [0.717, 1.165) is 42.6 Å². The van der Waals surface area contributed by atoms with E-state index >= 15 is 0 Å². The van der Waals surface area contributed by atoms with Gasteiger partial charge >= 0.3 is 0 Å². The number of amides is 1. The average Bonchev–Trinajstić information content (AvgIpc) is 3.20. The van der Waals surface area contributed by atoms with Crippen molar-refractivity contribution < 1.29 is 9.53 Å². The maximum atomic E-state index is 13.6. The van der Waals surface area contributed by atoms with E-state index in [1.54, 1.807) is 12.3 Å². The maximum Gasteiger partial charge on any atom is 0.267 e. The highest BCUT2D eigenvalue weighted by Crippen LogP contribution is 2.39. The average molecular weight is 539 g/mol. The Balaban J connectivity index is 1.39. The van der Waals surface area contributed by atoms with Gasteiger partial charge in [-0.25, -0.2) is 9.98 Å². The molecule has 36 heavy (non-hydrogen) atoms. The van der Waals surface area contributed by atoms with Crippen molar-refractivity contribution in [1.29, 1.82) is 0 Å². The third kappa shape index (κ3) is 5.94. The van der Waals surface area contributed by atoms with E-state index in [2.05, 4.69) is 4.98 Å². The summed E-state index contributed by atoms with van der Waals surface area (Å²) in [5.74, 6) is 0.716. The fraction of sp³-hybridized carbons (Fsp3) is 0.250. The number of halogens is 2. The number of pyridine rings is 1. The van der Waals surface area contributed by atoms with Crippen LogP contribution in [0.3, 0.4) is 0 Å². The third-order valence-electron chi connectivity index (χ3n) is 6.21. The minimum absolute atomic E-state index is 0.0156. The molecule has 0 bridgehead atoms. The van der Waals surface area contributed by atoms with Gasteiger partial charge in [0.05, 0.1) is 4.91 Å². The molecule has 0 unspecified atom stereocenters. The third-order valence-corrected chi connectivity index (χ3v) is 7.73. The summed E-state index contributed by atoms with van der Waals surface area (Å²) in [7, 11) is 0. The van der Waals surface area contributed by atoms with Crippen molar-refractivity contribution >= 4 is 57.8 Å². The number of hydrogen-bond donors (Lipinski definition) is 0. The minimum atomic E-state index is -0.0156. The fourth-order valence-electron chi connectivity index (χ4n) is 4.38. The molecule has 0 N–H and O–H groups in total. The van der Waals surface area contributed by atoms with Crippen LogP contribution >= 0.6 is 35.0 Å². The fourth-order valence-corrected chi connectivity index (χ4v) is 5.72. The summed E-state index contributed by atoms with van der Waals surface area (Å²) >= 11 is 13.6. The SMILES string of the molecule is O=C1/C(=C/c2cccc(OCc3ccc(Cl)cc3)c2)SC(=Nc2cccnc2Cl)N1C1CCCCC1. The van der Waals surface area contributed by atoms with Gasteiger partial charge in [-0.1, -0.05) is 66.7 Å². The molecule has 1 aliphatic carbocycles. The molecule has 3 aromatic rings. The summed E-state index contributed by atoms with van der Waals surface area (Å²) in [6.07, 6.45) is 8.94. The van der Waals surface area contributed by atoms with E-state index in [0.29, 0.717) is 32.5 Å². The molecule has 1 aromatic heterocycles. The van der Waals surface area contributed by atoms with Gasteiger partial charge in [-0.3, -0.25) is 9.69 Å². The molecule has 0 spiro atoms. The van der Waals surface area contributed by atoms with Crippen LogP contribution in [0.4, 0.5) is 5.69 Å².